The Bertz CT molecular complexity index is 595. The number of anilines is 1. The summed E-state index contributed by atoms with van der Waals surface area (Å²) >= 11 is 5.52. The molecule has 20 heavy (non-hydrogen) atoms. The Morgan fingerprint density at radius 3 is 2.65 bits per heavy atom. The molecule has 0 spiro atoms. The van der Waals surface area contributed by atoms with E-state index in [0.717, 1.165) is 31.0 Å². The van der Waals surface area contributed by atoms with Crippen molar-refractivity contribution in [1.82, 2.24) is 5.32 Å². The van der Waals surface area contributed by atoms with Crippen molar-refractivity contribution >= 4 is 23.0 Å². The van der Waals surface area contributed by atoms with E-state index in [9.17, 15) is 0 Å². The summed E-state index contributed by atoms with van der Waals surface area (Å²) in [5.74, 6) is 0. The van der Waals surface area contributed by atoms with Gasteiger partial charge in [0.15, 0.2) is 5.11 Å². The van der Waals surface area contributed by atoms with E-state index >= 15 is 0 Å². The van der Waals surface area contributed by atoms with Crippen molar-refractivity contribution in [2.24, 2.45) is 0 Å². The molecule has 3 rings (SSSR count). The zero-order chi connectivity index (χ0) is 13.8. The van der Waals surface area contributed by atoms with Gasteiger partial charge in [0.2, 0.25) is 0 Å². The fraction of sp³-hybridized carbons (Fsp3) is 0.235. The van der Waals surface area contributed by atoms with Crippen LogP contribution in [0.3, 0.4) is 0 Å². The van der Waals surface area contributed by atoms with Crippen LogP contribution < -0.4 is 10.2 Å². The van der Waals surface area contributed by atoms with Crippen LogP contribution in [0, 0.1) is 0 Å². The zero-order valence-corrected chi connectivity index (χ0v) is 12.2. The molecule has 0 saturated carbocycles. The normalized spacial score (nSPS) is 13.1. The SMILES string of the molecule is S=C(NCCc1ccccc1)N1CCc2ccccc21. The van der Waals surface area contributed by atoms with Crippen LogP contribution in [0.2, 0.25) is 0 Å². The van der Waals surface area contributed by atoms with Gasteiger partial charge in [0.1, 0.15) is 0 Å². The predicted molar refractivity (Wildman–Crippen MR) is 88.2 cm³/mol. The molecule has 2 aromatic carbocycles. The van der Waals surface area contributed by atoms with Gasteiger partial charge in [-0.25, -0.2) is 0 Å². The lowest BCUT2D eigenvalue weighted by Gasteiger charge is -2.21. The van der Waals surface area contributed by atoms with E-state index in [1.54, 1.807) is 0 Å². The van der Waals surface area contributed by atoms with Crippen LogP contribution in [0.15, 0.2) is 54.6 Å². The summed E-state index contributed by atoms with van der Waals surface area (Å²) in [7, 11) is 0. The third-order valence-corrected chi connectivity index (χ3v) is 4.03. The lowest BCUT2D eigenvalue weighted by atomic mass is 10.1. The second kappa shape index (κ2) is 6.06. The van der Waals surface area contributed by atoms with Crippen molar-refractivity contribution in [2.45, 2.75) is 12.8 Å². The number of thiocarbonyl (C=S) groups is 1. The molecule has 0 aromatic heterocycles. The van der Waals surface area contributed by atoms with E-state index in [0.29, 0.717) is 0 Å². The van der Waals surface area contributed by atoms with E-state index in [1.165, 1.54) is 16.8 Å². The van der Waals surface area contributed by atoms with Gasteiger partial charge < -0.3 is 10.2 Å². The average molecular weight is 282 g/mol. The predicted octanol–water partition coefficient (Wildman–Crippen LogP) is 3.17. The number of hydrogen-bond acceptors (Lipinski definition) is 1. The van der Waals surface area contributed by atoms with Crippen LogP contribution >= 0.6 is 12.2 Å². The quantitative estimate of drug-likeness (QED) is 0.871. The first kappa shape index (κ1) is 13.1. The van der Waals surface area contributed by atoms with Gasteiger partial charge in [-0.15, -0.1) is 0 Å². The Balaban J connectivity index is 1.56. The lowest BCUT2D eigenvalue weighted by Crippen LogP contribution is -2.39. The molecule has 0 saturated heterocycles. The highest BCUT2D eigenvalue weighted by Crippen LogP contribution is 2.27. The smallest absolute Gasteiger partial charge is 0.173 e. The highest BCUT2D eigenvalue weighted by Gasteiger charge is 2.21. The molecule has 0 aliphatic carbocycles. The fourth-order valence-electron chi connectivity index (χ4n) is 2.60. The van der Waals surface area contributed by atoms with Crippen molar-refractivity contribution in [2.75, 3.05) is 18.0 Å². The molecule has 2 nitrogen and oxygen atoms in total. The Morgan fingerprint density at radius 1 is 1.05 bits per heavy atom. The zero-order valence-electron chi connectivity index (χ0n) is 11.4. The molecule has 102 valence electrons. The van der Waals surface area contributed by atoms with Gasteiger partial charge >= 0.3 is 0 Å². The maximum absolute atomic E-state index is 5.52. The third-order valence-electron chi connectivity index (χ3n) is 3.67. The van der Waals surface area contributed by atoms with Gasteiger partial charge in [0, 0.05) is 18.8 Å². The van der Waals surface area contributed by atoms with Gasteiger partial charge in [-0.05, 0) is 42.3 Å². The van der Waals surface area contributed by atoms with Crippen molar-refractivity contribution in [3.05, 3.63) is 65.7 Å². The van der Waals surface area contributed by atoms with Crippen LogP contribution in [0.4, 0.5) is 5.69 Å². The number of hydrogen-bond donors (Lipinski definition) is 1. The second-order valence-electron chi connectivity index (χ2n) is 5.00. The second-order valence-corrected chi connectivity index (χ2v) is 5.38. The number of nitrogens with zero attached hydrogens (tertiary/aromatic N) is 1. The summed E-state index contributed by atoms with van der Waals surface area (Å²) in [6, 6.07) is 19.0. The van der Waals surface area contributed by atoms with Crippen LogP contribution in [-0.2, 0) is 12.8 Å². The van der Waals surface area contributed by atoms with Gasteiger partial charge in [-0.2, -0.15) is 0 Å². The molecule has 0 unspecified atom stereocenters. The van der Waals surface area contributed by atoms with Gasteiger partial charge in [-0.3, -0.25) is 0 Å². The number of rotatable bonds is 3. The standard InChI is InChI=1S/C17H18N2S/c20-17(18-12-10-14-6-2-1-3-7-14)19-13-11-15-8-4-5-9-16(15)19/h1-9H,10-13H2,(H,18,20). The molecular weight excluding hydrogens is 264 g/mol. The number of benzene rings is 2. The molecule has 1 aliphatic rings. The lowest BCUT2D eigenvalue weighted by molar-refractivity contribution is 0.853. The van der Waals surface area contributed by atoms with E-state index in [4.69, 9.17) is 12.2 Å². The first-order valence-electron chi connectivity index (χ1n) is 7.02. The summed E-state index contributed by atoms with van der Waals surface area (Å²) in [5, 5.41) is 4.21. The molecule has 3 heteroatoms. The van der Waals surface area contributed by atoms with E-state index in [1.807, 2.05) is 6.07 Å². The molecule has 0 atom stereocenters. The maximum Gasteiger partial charge on any atom is 0.173 e. The van der Waals surface area contributed by atoms with Crippen molar-refractivity contribution < 1.29 is 0 Å². The summed E-state index contributed by atoms with van der Waals surface area (Å²) in [5.41, 5.74) is 3.98. The minimum Gasteiger partial charge on any atom is -0.362 e. The first-order chi connectivity index (χ1) is 9.84. The number of fused-ring (bicyclic) bond motifs is 1. The van der Waals surface area contributed by atoms with E-state index in [2.05, 4.69) is 58.7 Å². The Morgan fingerprint density at radius 2 is 1.80 bits per heavy atom. The molecule has 1 N–H and O–H groups in total. The molecule has 0 radical (unpaired) electrons. The van der Waals surface area contributed by atoms with Crippen molar-refractivity contribution in [3.8, 4) is 0 Å². The van der Waals surface area contributed by atoms with Crippen molar-refractivity contribution in [3.63, 3.8) is 0 Å². The summed E-state index contributed by atoms with van der Waals surface area (Å²) < 4.78 is 0. The molecule has 1 heterocycles. The maximum atomic E-state index is 5.52. The molecule has 2 aromatic rings. The average Bonchev–Trinajstić information content (AvgIpc) is 2.92. The van der Waals surface area contributed by atoms with Gasteiger partial charge in [-0.1, -0.05) is 48.5 Å². The topological polar surface area (TPSA) is 15.3 Å². The Labute approximate surface area is 125 Å². The summed E-state index contributed by atoms with van der Waals surface area (Å²) in [6.45, 7) is 1.86. The van der Waals surface area contributed by atoms with Crippen LogP contribution in [0.5, 0.6) is 0 Å². The summed E-state index contributed by atoms with van der Waals surface area (Å²) in [6.07, 6.45) is 2.08. The summed E-state index contributed by atoms with van der Waals surface area (Å²) in [4.78, 5) is 2.20. The molecule has 0 amide bonds. The first-order valence-corrected chi connectivity index (χ1v) is 7.42. The number of para-hydroxylation sites is 1. The molecule has 1 aliphatic heterocycles. The molecular formula is C17H18N2S. The van der Waals surface area contributed by atoms with Gasteiger partial charge in [0.05, 0.1) is 0 Å². The Kier molecular flexibility index (Phi) is 3.97. The van der Waals surface area contributed by atoms with Crippen LogP contribution in [-0.4, -0.2) is 18.2 Å². The molecule has 0 bridgehead atoms. The molecule has 0 fully saturated rings. The van der Waals surface area contributed by atoms with E-state index < -0.39 is 0 Å². The fourth-order valence-corrected chi connectivity index (χ4v) is 2.89. The number of nitrogens with one attached hydrogen (secondary N) is 1. The van der Waals surface area contributed by atoms with Crippen LogP contribution in [0.1, 0.15) is 11.1 Å². The Hall–Kier alpha value is -1.87. The van der Waals surface area contributed by atoms with Crippen LogP contribution in [0.25, 0.3) is 0 Å². The van der Waals surface area contributed by atoms with Gasteiger partial charge in [0.25, 0.3) is 0 Å². The largest absolute Gasteiger partial charge is 0.362 e. The van der Waals surface area contributed by atoms with E-state index in [-0.39, 0.29) is 0 Å². The highest BCUT2D eigenvalue weighted by atomic mass is 32.1. The third kappa shape index (κ3) is 2.83. The minimum atomic E-state index is 0.839. The minimum absolute atomic E-state index is 0.839. The monoisotopic (exact) mass is 282 g/mol. The van der Waals surface area contributed by atoms with Crippen molar-refractivity contribution in [1.29, 1.82) is 0 Å². The highest BCUT2D eigenvalue weighted by molar-refractivity contribution is 7.80.